The maximum atomic E-state index is 5.62. The zero-order chi connectivity index (χ0) is 19.3. The van der Waals surface area contributed by atoms with Crippen LogP contribution in [0.3, 0.4) is 0 Å². The number of benzene rings is 3. The first-order chi connectivity index (χ1) is 14.3. The molecule has 2 nitrogen and oxygen atoms in total. The van der Waals surface area contributed by atoms with Crippen LogP contribution in [0.1, 0.15) is 57.1 Å². The minimum absolute atomic E-state index is 0.132. The third kappa shape index (κ3) is 1.60. The standard InChI is InChI=1S/C27H22O2/c1-28-15-7-9-17-21(13-15)25-19-5-3-4-6-20(19)26-22-14-16(29-2)8-10-18(22)24-12-11-23(17)27(24,25)26/h3-14,23-26H,1-2H3/t23-,24-,25-,26-,27?/m1/s1. The number of rotatable bonds is 2. The summed E-state index contributed by atoms with van der Waals surface area (Å²) in [5.41, 5.74) is 9.00. The van der Waals surface area contributed by atoms with Crippen molar-refractivity contribution in [3.63, 3.8) is 0 Å². The summed E-state index contributed by atoms with van der Waals surface area (Å²) in [6, 6.07) is 22.6. The number of ether oxygens (including phenoxy) is 2. The van der Waals surface area contributed by atoms with Crippen LogP contribution in [0.5, 0.6) is 11.5 Å². The van der Waals surface area contributed by atoms with Gasteiger partial charge in [0.15, 0.2) is 0 Å². The van der Waals surface area contributed by atoms with Crippen LogP contribution in [0.2, 0.25) is 0 Å². The van der Waals surface area contributed by atoms with Gasteiger partial charge in [0.1, 0.15) is 11.5 Å². The Labute approximate surface area is 170 Å². The summed E-state index contributed by atoms with van der Waals surface area (Å²) in [6.07, 6.45) is 4.98. The number of hydrogen-bond acceptors (Lipinski definition) is 2. The monoisotopic (exact) mass is 378 g/mol. The van der Waals surface area contributed by atoms with Gasteiger partial charge >= 0.3 is 0 Å². The molecule has 142 valence electrons. The van der Waals surface area contributed by atoms with Crippen molar-refractivity contribution in [1.29, 1.82) is 0 Å². The summed E-state index contributed by atoms with van der Waals surface area (Å²) in [7, 11) is 3.53. The lowest BCUT2D eigenvalue weighted by molar-refractivity contribution is 0.243. The van der Waals surface area contributed by atoms with Crippen LogP contribution in [0.4, 0.5) is 0 Å². The van der Waals surface area contributed by atoms with E-state index in [4.69, 9.17) is 9.47 Å². The number of hydrogen-bond donors (Lipinski definition) is 0. The molecule has 0 unspecified atom stereocenters. The highest BCUT2D eigenvalue weighted by Crippen LogP contribution is 2.80. The Morgan fingerprint density at radius 2 is 1.07 bits per heavy atom. The molecule has 3 aromatic rings. The zero-order valence-electron chi connectivity index (χ0n) is 16.6. The molecular formula is C27H22O2. The molecule has 29 heavy (non-hydrogen) atoms. The highest BCUT2D eigenvalue weighted by Gasteiger charge is 2.70. The molecule has 0 amide bonds. The van der Waals surface area contributed by atoms with Crippen molar-refractivity contribution in [1.82, 2.24) is 0 Å². The number of methoxy groups -OCH3 is 2. The molecule has 0 saturated heterocycles. The van der Waals surface area contributed by atoms with Gasteiger partial charge in [0.25, 0.3) is 0 Å². The third-order valence-corrected chi connectivity index (χ3v) is 8.07. The Balaban J connectivity index is 1.58. The molecular weight excluding hydrogens is 356 g/mol. The highest BCUT2D eigenvalue weighted by molar-refractivity contribution is 5.70. The lowest BCUT2D eigenvalue weighted by Crippen LogP contribution is -2.29. The average molecular weight is 378 g/mol. The fraction of sp³-hybridized carbons (Fsp3) is 0.259. The Morgan fingerprint density at radius 3 is 1.52 bits per heavy atom. The van der Waals surface area contributed by atoms with Gasteiger partial charge < -0.3 is 9.47 Å². The van der Waals surface area contributed by atoms with E-state index in [-0.39, 0.29) is 5.41 Å². The SMILES string of the molecule is COc1ccc2c(c1)[C@H]1c3ccccc3[C@@H]3c4cc(OC)ccc4[C@H]4C=C[C@H]2C134. The Hall–Kier alpha value is -3.00. The van der Waals surface area contributed by atoms with Crippen LogP contribution < -0.4 is 9.47 Å². The number of allylic oxidation sites excluding steroid dienone is 2. The van der Waals surface area contributed by atoms with Crippen LogP contribution in [-0.2, 0) is 0 Å². The first-order valence-corrected chi connectivity index (χ1v) is 10.4. The Bertz CT molecular complexity index is 1130. The van der Waals surface area contributed by atoms with E-state index >= 15 is 0 Å². The van der Waals surface area contributed by atoms with Crippen molar-refractivity contribution >= 4 is 0 Å². The predicted molar refractivity (Wildman–Crippen MR) is 113 cm³/mol. The lowest BCUT2D eigenvalue weighted by Gasteiger charge is -2.36. The quantitative estimate of drug-likeness (QED) is 0.530. The summed E-state index contributed by atoms with van der Waals surface area (Å²) < 4.78 is 11.2. The Morgan fingerprint density at radius 1 is 0.586 bits per heavy atom. The van der Waals surface area contributed by atoms with Crippen LogP contribution >= 0.6 is 0 Å². The molecule has 0 fully saturated rings. The van der Waals surface area contributed by atoms with E-state index in [1.807, 2.05) is 0 Å². The second-order valence-corrected chi connectivity index (χ2v) is 8.82. The molecule has 1 spiro atoms. The average Bonchev–Trinajstić information content (AvgIpc) is 3.42. The zero-order valence-corrected chi connectivity index (χ0v) is 16.6. The molecule has 3 aromatic carbocycles. The van der Waals surface area contributed by atoms with Crippen LogP contribution in [0.25, 0.3) is 0 Å². The van der Waals surface area contributed by atoms with E-state index in [0.717, 1.165) is 11.5 Å². The molecule has 4 aliphatic carbocycles. The van der Waals surface area contributed by atoms with Gasteiger partial charge in [0, 0.05) is 29.1 Å². The van der Waals surface area contributed by atoms with E-state index < -0.39 is 0 Å². The van der Waals surface area contributed by atoms with E-state index in [1.165, 1.54) is 33.4 Å². The minimum atomic E-state index is 0.132. The van der Waals surface area contributed by atoms with Gasteiger partial charge in [0.2, 0.25) is 0 Å². The largest absolute Gasteiger partial charge is 0.497 e. The lowest BCUT2D eigenvalue weighted by atomic mass is 9.64. The molecule has 0 N–H and O–H groups in total. The normalized spacial score (nSPS) is 31.1. The topological polar surface area (TPSA) is 18.5 Å². The molecule has 0 saturated carbocycles. The maximum absolute atomic E-state index is 5.62. The summed E-state index contributed by atoms with van der Waals surface area (Å²) in [6.45, 7) is 0. The van der Waals surface area contributed by atoms with Crippen molar-refractivity contribution in [2.45, 2.75) is 23.7 Å². The predicted octanol–water partition coefficient (Wildman–Crippen LogP) is 5.73. The molecule has 7 rings (SSSR count). The van der Waals surface area contributed by atoms with Crippen molar-refractivity contribution < 1.29 is 9.47 Å². The summed E-state index contributed by atoms with van der Waals surface area (Å²) in [5.74, 6) is 3.59. The second-order valence-electron chi connectivity index (χ2n) is 8.82. The van der Waals surface area contributed by atoms with Gasteiger partial charge in [-0.25, -0.2) is 0 Å². The van der Waals surface area contributed by atoms with Gasteiger partial charge in [-0.05, 0) is 57.6 Å². The first kappa shape index (κ1) is 15.9. The maximum Gasteiger partial charge on any atom is 0.119 e. The van der Waals surface area contributed by atoms with Crippen molar-refractivity contribution in [2.24, 2.45) is 5.41 Å². The number of fused-ring (bicyclic) bond motifs is 9. The van der Waals surface area contributed by atoms with Gasteiger partial charge in [-0.3, -0.25) is 0 Å². The molecule has 0 heterocycles. The van der Waals surface area contributed by atoms with Gasteiger partial charge in [0.05, 0.1) is 14.2 Å². The van der Waals surface area contributed by atoms with Crippen LogP contribution in [-0.4, -0.2) is 14.2 Å². The molecule has 4 aliphatic rings. The van der Waals surface area contributed by atoms with Crippen molar-refractivity contribution in [3.05, 3.63) is 106 Å². The molecule has 2 heteroatoms. The first-order valence-electron chi connectivity index (χ1n) is 10.4. The summed E-state index contributed by atoms with van der Waals surface area (Å²) in [5, 5.41) is 0. The van der Waals surface area contributed by atoms with E-state index in [0.29, 0.717) is 23.7 Å². The Kier molecular flexibility index (Phi) is 2.81. The van der Waals surface area contributed by atoms with Gasteiger partial charge in [-0.2, -0.15) is 0 Å². The fourth-order valence-corrected chi connectivity index (χ4v) is 7.26. The highest BCUT2D eigenvalue weighted by atomic mass is 16.5. The molecule has 0 bridgehead atoms. The second kappa shape index (κ2) is 5.13. The van der Waals surface area contributed by atoms with Crippen LogP contribution in [0.15, 0.2) is 72.8 Å². The van der Waals surface area contributed by atoms with Crippen molar-refractivity contribution in [3.8, 4) is 11.5 Å². The van der Waals surface area contributed by atoms with E-state index in [2.05, 4.69) is 72.8 Å². The third-order valence-electron chi connectivity index (χ3n) is 8.07. The summed E-state index contributed by atoms with van der Waals surface area (Å²) in [4.78, 5) is 0. The van der Waals surface area contributed by atoms with Gasteiger partial charge in [-0.15, -0.1) is 0 Å². The molecule has 0 aliphatic heterocycles. The van der Waals surface area contributed by atoms with E-state index in [1.54, 1.807) is 14.2 Å². The summed E-state index contributed by atoms with van der Waals surface area (Å²) >= 11 is 0. The van der Waals surface area contributed by atoms with Crippen LogP contribution in [0, 0.1) is 5.41 Å². The molecule has 4 atom stereocenters. The fourth-order valence-electron chi connectivity index (χ4n) is 7.26. The molecule has 0 aromatic heterocycles. The smallest absolute Gasteiger partial charge is 0.119 e. The van der Waals surface area contributed by atoms with Crippen molar-refractivity contribution in [2.75, 3.05) is 14.2 Å². The van der Waals surface area contributed by atoms with Gasteiger partial charge in [-0.1, -0.05) is 48.6 Å². The molecule has 0 radical (unpaired) electrons. The van der Waals surface area contributed by atoms with E-state index in [9.17, 15) is 0 Å². The minimum Gasteiger partial charge on any atom is -0.497 e.